The van der Waals surface area contributed by atoms with E-state index in [1.54, 1.807) is 39.8 Å². The topological polar surface area (TPSA) is 138 Å². The standard InChI is InChI=1S/C19H23N3O6S.CH4O/c1-12-9-16(17(23)20-11-12)29(25,26)22-7-8-27-15-6-5-13(10-14(15)22)21-18(24)28-19(2,3)4;1-2/h5-6,9-11H,7-8H2,1-4H3,(H,20,23)(H,21,24);2H,1H3. The Hall–Kier alpha value is -3.05. The van der Waals surface area contributed by atoms with Crippen LogP contribution in [-0.2, 0) is 14.8 Å². The van der Waals surface area contributed by atoms with E-state index in [1.165, 1.54) is 18.3 Å². The van der Waals surface area contributed by atoms with Crippen LogP contribution in [0.1, 0.15) is 26.3 Å². The summed E-state index contributed by atoms with van der Waals surface area (Å²) < 4.78 is 38.2. The van der Waals surface area contributed by atoms with Gasteiger partial charge in [0.05, 0.1) is 12.2 Å². The van der Waals surface area contributed by atoms with E-state index < -0.39 is 27.3 Å². The number of fused-ring (bicyclic) bond motifs is 1. The van der Waals surface area contributed by atoms with Crippen molar-refractivity contribution in [1.29, 1.82) is 0 Å². The molecule has 3 N–H and O–H groups in total. The number of nitrogens with one attached hydrogen (secondary N) is 2. The average Bonchev–Trinajstić information content (AvgIpc) is 2.69. The Bertz CT molecular complexity index is 1100. The zero-order valence-electron chi connectivity index (χ0n) is 18.1. The maximum absolute atomic E-state index is 13.2. The van der Waals surface area contributed by atoms with Gasteiger partial charge in [-0.15, -0.1) is 0 Å². The van der Waals surface area contributed by atoms with Crippen molar-refractivity contribution in [3.8, 4) is 5.75 Å². The molecule has 0 bridgehead atoms. The summed E-state index contributed by atoms with van der Waals surface area (Å²) in [5, 5.41) is 9.57. The summed E-state index contributed by atoms with van der Waals surface area (Å²) in [5.41, 5.74) is -0.209. The lowest BCUT2D eigenvalue weighted by Gasteiger charge is -2.30. The number of anilines is 2. The number of nitrogens with zero attached hydrogens (tertiary/aromatic N) is 1. The van der Waals surface area contributed by atoms with Crippen molar-refractivity contribution < 1.29 is 27.8 Å². The van der Waals surface area contributed by atoms with Crippen LogP contribution < -0.4 is 19.9 Å². The third-order valence-electron chi connectivity index (χ3n) is 4.01. The fourth-order valence-corrected chi connectivity index (χ4v) is 4.40. The number of aliphatic hydroxyl groups is 1. The average molecular weight is 454 g/mol. The number of hydrogen-bond donors (Lipinski definition) is 3. The Morgan fingerprint density at radius 1 is 1.26 bits per heavy atom. The third kappa shape index (κ3) is 5.76. The third-order valence-corrected chi connectivity index (χ3v) is 5.82. The largest absolute Gasteiger partial charge is 0.489 e. The van der Waals surface area contributed by atoms with Gasteiger partial charge in [0.2, 0.25) is 0 Å². The van der Waals surface area contributed by atoms with Gasteiger partial charge in [0.25, 0.3) is 15.6 Å². The number of carbonyl (C=O) groups is 1. The zero-order chi connectivity index (χ0) is 23.4. The van der Waals surface area contributed by atoms with Gasteiger partial charge < -0.3 is 19.6 Å². The lowest BCUT2D eigenvalue weighted by Crippen LogP contribution is -2.40. The van der Waals surface area contributed by atoms with Crippen molar-refractivity contribution in [3.05, 3.63) is 46.4 Å². The Balaban J connectivity index is 0.00000166. The normalized spacial score (nSPS) is 13.3. The lowest BCUT2D eigenvalue weighted by atomic mass is 10.2. The molecule has 0 saturated heterocycles. The molecule has 0 aliphatic carbocycles. The van der Waals surface area contributed by atoms with E-state index in [4.69, 9.17) is 14.6 Å². The number of hydrogen-bond acceptors (Lipinski definition) is 7. The first-order valence-electron chi connectivity index (χ1n) is 9.41. The Labute approximate surface area is 180 Å². The van der Waals surface area contributed by atoms with Crippen LogP contribution in [0.15, 0.2) is 40.2 Å². The van der Waals surface area contributed by atoms with Gasteiger partial charge in [-0.25, -0.2) is 13.2 Å². The highest BCUT2D eigenvalue weighted by Crippen LogP contribution is 2.37. The SMILES string of the molecule is CO.Cc1c[nH]c(=O)c(S(=O)(=O)N2CCOc3ccc(NC(=O)OC(C)(C)C)cc32)c1. The van der Waals surface area contributed by atoms with E-state index in [-0.39, 0.29) is 23.7 Å². The van der Waals surface area contributed by atoms with E-state index >= 15 is 0 Å². The quantitative estimate of drug-likeness (QED) is 0.648. The fourth-order valence-electron chi connectivity index (χ4n) is 2.82. The number of H-pyrrole nitrogens is 1. The molecule has 11 heteroatoms. The van der Waals surface area contributed by atoms with Crippen molar-refractivity contribution >= 4 is 27.5 Å². The Morgan fingerprint density at radius 2 is 1.94 bits per heavy atom. The summed E-state index contributed by atoms with van der Waals surface area (Å²) >= 11 is 0. The van der Waals surface area contributed by atoms with Crippen LogP contribution in [-0.4, -0.2) is 50.5 Å². The van der Waals surface area contributed by atoms with Gasteiger partial charge in [0.15, 0.2) is 4.90 Å². The van der Waals surface area contributed by atoms with Gasteiger partial charge in [-0.2, -0.15) is 0 Å². The van der Waals surface area contributed by atoms with Crippen molar-refractivity contribution in [2.45, 2.75) is 38.2 Å². The van der Waals surface area contributed by atoms with Gasteiger partial charge >= 0.3 is 6.09 Å². The smallest absolute Gasteiger partial charge is 0.412 e. The van der Waals surface area contributed by atoms with Crippen LogP contribution in [0.25, 0.3) is 0 Å². The highest BCUT2D eigenvalue weighted by Gasteiger charge is 2.32. The molecule has 0 fully saturated rings. The number of carbonyl (C=O) groups excluding carboxylic acids is 1. The monoisotopic (exact) mass is 453 g/mol. The molecule has 3 rings (SSSR count). The summed E-state index contributed by atoms with van der Waals surface area (Å²) in [6, 6.07) is 5.94. The van der Waals surface area contributed by atoms with E-state index in [0.717, 1.165) is 11.4 Å². The minimum atomic E-state index is -4.14. The molecular formula is C20H27N3O7S. The molecule has 2 aromatic rings. The van der Waals surface area contributed by atoms with Crippen LogP contribution in [0.3, 0.4) is 0 Å². The first kappa shape index (κ1) is 24.2. The molecule has 1 aliphatic rings. The van der Waals surface area contributed by atoms with Gasteiger partial charge in [-0.05, 0) is 57.5 Å². The second-order valence-electron chi connectivity index (χ2n) is 7.61. The second kappa shape index (κ2) is 9.40. The molecule has 170 valence electrons. The molecular weight excluding hydrogens is 426 g/mol. The summed E-state index contributed by atoms with van der Waals surface area (Å²) in [6.45, 7) is 7.06. The zero-order valence-corrected chi connectivity index (χ0v) is 18.9. The van der Waals surface area contributed by atoms with Gasteiger partial charge in [0.1, 0.15) is 18.0 Å². The minimum absolute atomic E-state index is 0.0264. The second-order valence-corrected chi connectivity index (χ2v) is 9.44. The van der Waals surface area contributed by atoms with Crippen LogP contribution >= 0.6 is 0 Å². The highest BCUT2D eigenvalue weighted by atomic mass is 32.2. The summed E-state index contributed by atoms with van der Waals surface area (Å²) in [6.07, 6.45) is 0.774. The molecule has 0 radical (unpaired) electrons. The van der Waals surface area contributed by atoms with Crippen LogP contribution in [0, 0.1) is 6.92 Å². The summed E-state index contributed by atoms with van der Waals surface area (Å²) in [5.74, 6) is 0.332. The molecule has 10 nitrogen and oxygen atoms in total. The maximum atomic E-state index is 13.2. The number of aromatic nitrogens is 1. The molecule has 2 heterocycles. The van der Waals surface area contributed by atoms with Crippen LogP contribution in [0.2, 0.25) is 0 Å². The Morgan fingerprint density at radius 3 is 2.58 bits per heavy atom. The molecule has 1 aliphatic heterocycles. The van der Waals surface area contributed by atoms with Crippen molar-refractivity contribution in [2.75, 3.05) is 29.9 Å². The molecule has 0 unspecified atom stereocenters. The maximum Gasteiger partial charge on any atom is 0.412 e. The van der Waals surface area contributed by atoms with Crippen LogP contribution in [0.5, 0.6) is 5.75 Å². The van der Waals surface area contributed by atoms with Gasteiger partial charge in [-0.1, -0.05) is 0 Å². The van der Waals surface area contributed by atoms with Gasteiger partial charge in [-0.3, -0.25) is 14.4 Å². The highest BCUT2D eigenvalue weighted by molar-refractivity contribution is 7.92. The van der Waals surface area contributed by atoms with E-state index in [9.17, 15) is 18.0 Å². The number of benzene rings is 1. The molecule has 1 aromatic heterocycles. The van der Waals surface area contributed by atoms with Crippen molar-refractivity contribution in [3.63, 3.8) is 0 Å². The first-order chi connectivity index (χ1) is 14.5. The molecule has 0 spiro atoms. The number of sulfonamides is 1. The summed E-state index contributed by atoms with van der Waals surface area (Å²) in [4.78, 5) is 26.3. The van der Waals surface area contributed by atoms with E-state index in [1.807, 2.05) is 0 Å². The van der Waals surface area contributed by atoms with Crippen molar-refractivity contribution in [1.82, 2.24) is 4.98 Å². The number of aromatic amines is 1. The number of amides is 1. The van der Waals surface area contributed by atoms with Gasteiger partial charge in [0, 0.05) is 19.0 Å². The van der Waals surface area contributed by atoms with E-state index in [0.29, 0.717) is 17.0 Å². The van der Waals surface area contributed by atoms with Crippen LogP contribution in [0.4, 0.5) is 16.2 Å². The lowest BCUT2D eigenvalue weighted by molar-refractivity contribution is 0.0636. The predicted molar refractivity (Wildman–Crippen MR) is 116 cm³/mol. The molecule has 0 atom stereocenters. The Kier molecular flexibility index (Phi) is 7.34. The number of ether oxygens (including phenoxy) is 2. The number of rotatable bonds is 3. The van der Waals surface area contributed by atoms with E-state index in [2.05, 4.69) is 10.3 Å². The fraction of sp³-hybridized carbons (Fsp3) is 0.400. The number of aryl methyl sites for hydroxylation is 1. The molecule has 1 aromatic carbocycles. The predicted octanol–water partition coefficient (Wildman–Crippen LogP) is 2.23. The van der Waals surface area contributed by atoms with Crippen molar-refractivity contribution in [2.24, 2.45) is 0 Å². The number of pyridine rings is 1. The molecule has 31 heavy (non-hydrogen) atoms. The molecule has 0 saturated carbocycles. The minimum Gasteiger partial charge on any atom is -0.489 e. The molecule has 1 amide bonds. The summed E-state index contributed by atoms with van der Waals surface area (Å²) in [7, 11) is -3.14. The first-order valence-corrected chi connectivity index (χ1v) is 10.8. The number of aliphatic hydroxyl groups excluding tert-OH is 1.